The predicted molar refractivity (Wildman–Crippen MR) is 107 cm³/mol. The second-order valence-corrected chi connectivity index (χ2v) is 5.95. The van der Waals surface area contributed by atoms with Gasteiger partial charge in [0.25, 0.3) is 5.91 Å². The lowest BCUT2D eigenvalue weighted by molar-refractivity contribution is -0.118. The number of benzene rings is 2. The molecule has 2 aromatic carbocycles. The summed E-state index contributed by atoms with van der Waals surface area (Å²) in [6, 6.07) is 14.7. The van der Waals surface area contributed by atoms with Crippen molar-refractivity contribution < 1.29 is 9.59 Å². The van der Waals surface area contributed by atoms with Gasteiger partial charge in [0.05, 0.1) is 0 Å². The number of carbonyl (C=O) groups excluding carboxylic acids is 2. The summed E-state index contributed by atoms with van der Waals surface area (Å²) in [5, 5.41) is 5.55. The van der Waals surface area contributed by atoms with Gasteiger partial charge in [0, 0.05) is 23.5 Å². The number of nitrogen functional groups attached to an aromatic ring is 1. The quantitative estimate of drug-likeness (QED) is 0.204. The SMILES string of the molecule is NC(N)=NCCC[C@@H](NC(=O)c1ccccc1)C(=O)Nc1ccc(N)cc1. The first-order chi connectivity index (χ1) is 13.0. The van der Waals surface area contributed by atoms with Crippen molar-refractivity contribution in [3.8, 4) is 0 Å². The zero-order valence-electron chi connectivity index (χ0n) is 14.9. The van der Waals surface area contributed by atoms with Crippen LogP contribution in [0.1, 0.15) is 23.2 Å². The molecule has 0 aliphatic rings. The number of nitrogens with zero attached hydrogens (tertiary/aromatic N) is 1. The van der Waals surface area contributed by atoms with Crippen LogP contribution < -0.4 is 27.8 Å². The summed E-state index contributed by atoms with van der Waals surface area (Å²) in [6.45, 7) is 0.370. The minimum Gasteiger partial charge on any atom is -0.399 e. The summed E-state index contributed by atoms with van der Waals surface area (Å²) >= 11 is 0. The fourth-order valence-electron chi connectivity index (χ4n) is 2.40. The van der Waals surface area contributed by atoms with Gasteiger partial charge in [-0.15, -0.1) is 0 Å². The van der Waals surface area contributed by atoms with Crippen LogP contribution in [0.25, 0.3) is 0 Å². The molecule has 0 fully saturated rings. The number of amides is 2. The number of guanidine groups is 1. The molecule has 8 nitrogen and oxygen atoms in total. The Bertz CT molecular complexity index is 786. The van der Waals surface area contributed by atoms with Crippen molar-refractivity contribution in [2.75, 3.05) is 17.6 Å². The highest BCUT2D eigenvalue weighted by molar-refractivity contribution is 6.01. The van der Waals surface area contributed by atoms with E-state index in [9.17, 15) is 9.59 Å². The molecule has 2 aromatic rings. The van der Waals surface area contributed by atoms with Crippen LogP contribution >= 0.6 is 0 Å². The third-order valence-electron chi connectivity index (χ3n) is 3.78. The average Bonchev–Trinajstić information content (AvgIpc) is 2.66. The van der Waals surface area contributed by atoms with Crippen LogP contribution in [0.15, 0.2) is 59.6 Å². The molecule has 27 heavy (non-hydrogen) atoms. The van der Waals surface area contributed by atoms with Crippen molar-refractivity contribution in [2.45, 2.75) is 18.9 Å². The first-order valence-electron chi connectivity index (χ1n) is 8.53. The van der Waals surface area contributed by atoms with E-state index in [4.69, 9.17) is 17.2 Å². The van der Waals surface area contributed by atoms with E-state index in [2.05, 4.69) is 15.6 Å². The fourth-order valence-corrected chi connectivity index (χ4v) is 2.40. The Kier molecular flexibility index (Phi) is 7.18. The largest absolute Gasteiger partial charge is 0.399 e. The van der Waals surface area contributed by atoms with Gasteiger partial charge in [0.2, 0.25) is 5.91 Å². The minimum atomic E-state index is -0.732. The van der Waals surface area contributed by atoms with Gasteiger partial charge < -0.3 is 27.8 Å². The lowest BCUT2D eigenvalue weighted by Gasteiger charge is -2.18. The molecule has 1 atom stereocenters. The van der Waals surface area contributed by atoms with E-state index in [1.165, 1.54) is 0 Å². The molecule has 8 N–H and O–H groups in total. The molecule has 0 saturated heterocycles. The Labute approximate surface area is 157 Å². The molecule has 0 spiro atoms. The van der Waals surface area contributed by atoms with E-state index in [1.807, 2.05) is 6.07 Å². The molecule has 8 heteroatoms. The minimum absolute atomic E-state index is 0.00815. The number of hydrogen-bond donors (Lipinski definition) is 5. The van der Waals surface area contributed by atoms with Crippen molar-refractivity contribution in [1.82, 2.24) is 5.32 Å². The summed E-state index contributed by atoms with van der Waals surface area (Å²) < 4.78 is 0. The molecule has 0 unspecified atom stereocenters. The van der Waals surface area contributed by atoms with Crippen LogP contribution in [-0.2, 0) is 4.79 Å². The fraction of sp³-hybridized carbons (Fsp3) is 0.211. The van der Waals surface area contributed by atoms with E-state index < -0.39 is 6.04 Å². The Balaban J connectivity index is 2.05. The maximum absolute atomic E-state index is 12.7. The molecule has 2 amide bonds. The lowest BCUT2D eigenvalue weighted by atomic mass is 10.1. The standard InChI is InChI=1S/C19H24N6O2/c20-14-8-10-15(11-9-14)24-18(27)16(7-4-12-23-19(21)22)25-17(26)13-5-2-1-3-6-13/h1-3,5-6,8-11,16H,4,7,12,20H2,(H,24,27)(H,25,26)(H4,21,22,23)/t16-/m1/s1. The van der Waals surface area contributed by atoms with Crippen LogP contribution in [0, 0.1) is 0 Å². The maximum atomic E-state index is 12.7. The highest BCUT2D eigenvalue weighted by atomic mass is 16.2. The maximum Gasteiger partial charge on any atom is 0.251 e. The first kappa shape index (κ1) is 19.8. The van der Waals surface area contributed by atoms with Crippen LogP contribution in [0.4, 0.5) is 11.4 Å². The van der Waals surface area contributed by atoms with Gasteiger partial charge >= 0.3 is 0 Å². The molecule has 0 bridgehead atoms. The van der Waals surface area contributed by atoms with Gasteiger partial charge in [0.15, 0.2) is 5.96 Å². The third kappa shape index (κ3) is 6.69. The van der Waals surface area contributed by atoms with Crippen LogP contribution in [0.3, 0.4) is 0 Å². The number of hydrogen-bond acceptors (Lipinski definition) is 4. The number of nitrogens with one attached hydrogen (secondary N) is 2. The first-order valence-corrected chi connectivity index (χ1v) is 8.53. The zero-order valence-corrected chi connectivity index (χ0v) is 14.9. The van der Waals surface area contributed by atoms with Crippen LogP contribution in [0.5, 0.6) is 0 Å². The Morgan fingerprint density at radius 1 is 1.00 bits per heavy atom. The van der Waals surface area contributed by atoms with Crippen molar-refractivity contribution >= 4 is 29.1 Å². The molecule has 142 valence electrons. The molecule has 0 aliphatic heterocycles. The molecule has 0 aliphatic carbocycles. The summed E-state index contributed by atoms with van der Waals surface area (Å²) in [5.74, 6) is -0.658. The monoisotopic (exact) mass is 368 g/mol. The number of nitrogens with two attached hydrogens (primary N) is 3. The van der Waals surface area contributed by atoms with Crippen molar-refractivity contribution in [1.29, 1.82) is 0 Å². The lowest BCUT2D eigenvalue weighted by Crippen LogP contribution is -2.44. The van der Waals surface area contributed by atoms with Crippen molar-refractivity contribution in [3.05, 3.63) is 60.2 Å². The molecular formula is C19H24N6O2. The number of aliphatic imine (C=N–C) groups is 1. The zero-order chi connectivity index (χ0) is 19.6. The van der Waals surface area contributed by atoms with Gasteiger partial charge in [-0.1, -0.05) is 18.2 Å². The molecule has 0 heterocycles. The summed E-state index contributed by atoms with van der Waals surface area (Å²) in [6.07, 6.45) is 0.920. The van der Waals surface area contributed by atoms with Gasteiger partial charge in [0.1, 0.15) is 6.04 Å². The molecule has 0 saturated carbocycles. The number of anilines is 2. The third-order valence-corrected chi connectivity index (χ3v) is 3.78. The van der Waals surface area contributed by atoms with Gasteiger partial charge in [-0.05, 0) is 49.2 Å². The highest BCUT2D eigenvalue weighted by Gasteiger charge is 2.21. The predicted octanol–water partition coefficient (Wildman–Crippen LogP) is 1.06. The molecule has 0 aromatic heterocycles. The normalized spacial score (nSPS) is 11.3. The average molecular weight is 368 g/mol. The van der Waals surface area contributed by atoms with Gasteiger partial charge in [-0.25, -0.2) is 0 Å². The second kappa shape index (κ2) is 9.81. The summed E-state index contributed by atoms with van der Waals surface area (Å²) in [4.78, 5) is 29.0. The number of rotatable bonds is 8. The van der Waals surface area contributed by atoms with Gasteiger partial charge in [-0.3, -0.25) is 14.6 Å². The van der Waals surface area contributed by atoms with E-state index in [1.54, 1.807) is 48.5 Å². The van der Waals surface area contributed by atoms with Gasteiger partial charge in [-0.2, -0.15) is 0 Å². The second-order valence-electron chi connectivity index (χ2n) is 5.95. The summed E-state index contributed by atoms with van der Waals surface area (Å²) in [5.41, 5.74) is 17.9. The highest BCUT2D eigenvalue weighted by Crippen LogP contribution is 2.12. The van der Waals surface area contributed by atoms with E-state index in [0.717, 1.165) is 0 Å². The Hall–Kier alpha value is -3.55. The van der Waals surface area contributed by atoms with E-state index >= 15 is 0 Å². The number of carbonyl (C=O) groups is 2. The topological polar surface area (TPSA) is 149 Å². The van der Waals surface area contributed by atoms with Crippen molar-refractivity contribution in [3.63, 3.8) is 0 Å². The molecular weight excluding hydrogens is 344 g/mol. The van der Waals surface area contributed by atoms with E-state index in [0.29, 0.717) is 36.3 Å². The van der Waals surface area contributed by atoms with Crippen molar-refractivity contribution in [2.24, 2.45) is 16.5 Å². The van der Waals surface area contributed by atoms with E-state index in [-0.39, 0.29) is 17.8 Å². The van der Waals surface area contributed by atoms with Crippen LogP contribution in [0.2, 0.25) is 0 Å². The smallest absolute Gasteiger partial charge is 0.251 e. The van der Waals surface area contributed by atoms with Crippen LogP contribution in [-0.4, -0.2) is 30.4 Å². The Morgan fingerprint density at radius 3 is 2.30 bits per heavy atom. The summed E-state index contributed by atoms with van der Waals surface area (Å²) in [7, 11) is 0. The Morgan fingerprint density at radius 2 is 1.67 bits per heavy atom. The molecule has 2 rings (SSSR count). The molecule has 0 radical (unpaired) electrons.